The molecule has 5 heteroatoms. The van der Waals surface area contributed by atoms with E-state index in [1.165, 1.54) is 0 Å². The lowest BCUT2D eigenvalue weighted by molar-refractivity contribution is -0.139. The van der Waals surface area contributed by atoms with E-state index in [0.29, 0.717) is 5.52 Å². The number of cyclic esters (lactones) is 2. The zero-order valence-corrected chi connectivity index (χ0v) is 7.64. The van der Waals surface area contributed by atoms with Gasteiger partial charge in [-0.05, 0) is 12.1 Å². The molecule has 1 aliphatic rings. The molecule has 0 N–H and O–H groups in total. The Kier molecular flexibility index (Phi) is 1.45. The summed E-state index contributed by atoms with van der Waals surface area (Å²) in [6, 6.07) is 7.27. The van der Waals surface area contributed by atoms with Gasteiger partial charge in [0.05, 0.1) is 11.0 Å². The maximum atomic E-state index is 11.3. The summed E-state index contributed by atoms with van der Waals surface area (Å²) in [6.07, 6.45) is 0. The standard InChI is InChI=1S/C10H6N2O3/c13-8-5-12-7-4-2-1-3-6(7)11-9(12)10(14)15-8/h1-4H,5H2. The van der Waals surface area contributed by atoms with Gasteiger partial charge in [-0.25, -0.2) is 14.6 Å². The molecule has 2 heterocycles. The van der Waals surface area contributed by atoms with Gasteiger partial charge < -0.3 is 9.30 Å². The first kappa shape index (κ1) is 8.16. The van der Waals surface area contributed by atoms with Gasteiger partial charge in [-0.1, -0.05) is 12.1 Å². The number of hydrogen-bond donors (Lipinski definition) is 0. The predicted octanol–water partition coefficient (Wildman–Crippen LogP) is 0.733. The Balaban J connectivity index is 2.36. The largest absolute Gasteiger partial charge is 0.386 e. The van der Waals surface area contributed by atoms with Gasteiger partial charge >= 0.3 is 11.9 Å². The summed E-state index contributed by atoms with van der Waals surface area (Å²) >= 11 is 0. The van der Waals surface area contributed by atoms with Crippen molar-refractivity contribution in [3.8, 4) is 0 Å². The molecule has 0 fully saturated rings. The topological polar surface area (TPSA) is 61.2 Å². The Morgan fingerprint density at radius 1 is 1.27 bits per heavy atom. The minimum absolute atomic E-state index is 0.0432. The van der Waals surface area contributed by atoms with Gasteiger partial charge in [0.2, 0.25) is 5.82 Å². The second kappa shape index (κ2) is 2.66. The fourth-order valence-corrected chi connectivity index (χ4v) is 1.70. The highest BCUT2D eigenvalue weighted by Crippen LogP contribution is 2.19. The molecule has 5 nitrogen and oxygen atoms in total. The van der Waals surface area contributed by atoms with Gasteiger partial charge in [0.15, 0.2) is 0 Å². The molecule has 3 rings (SSSR count). The summed E-state index contributed by atoms with van der Waals surface area (Å²) in [6.45, 7) is 0.0432. The van der Waals surface area contributed by atoms with Gasteiger partial charge in [0, 0.05) is 0 Å². The van der Waals surface area contributed by atoms with Crippen molar-refractivity contribution in [1.29, 1.82) is 0 Å². The van der Waals surface area contributed by atoms with Crippen LogP contribution < -0.4 is 0 Å². The van der Waals surface area contributed by atoms with E-state index < -0.39 is 11.9 Å². The van der Waals surface area contributed by atoms with E-state index in [0.717, 1.165) is 5.52 Å². The van der Waals surface area contributed by atoms with Crippen molar-refractivity contribution in [2.45, 2.75) is 6.54 Å². The van der Waals surface area contributed by atoms with E-state index in [1.807, 2.05) is 18.2 Å². The molecule has 1 aliphatic heterocycles. The molecule has 0 amide bonds. The highest BCUT2D eigenvalue weighted by atomic mass is 16.6. The number of fused-ring (bicyclic) bond motifs is 3. The van der Waals surface area contributed by atoms with E-state index in [-0.39, 0.29) is 12.4 Å². The van der Waals surface area contributed by atoms with E-state index >= 15 is 0 Å². The van der Waals surface area contributed by atoms with Gasteiger partial charge in [-0.3, -0.25) is 0 Å². The van der Waals surface area contributed by atoms with Crippen LogP contribution >= 0.6 is 0 Å². The molecule has 0 radical (unpaired) electrons. The summed E-state index contributed by atoms with van der Waals surface area (Å²) < 4.78 is 6.05. The first-order valence-corrected chi connectivity index (χ1v) is 4.46. The number of ether oxygens (including phenoxy) is 1. The molecule has 1 aromatic carbocycles. The number of nitrogens with zero attached hydrogens (tertiary/aromatic N) is 2. The molecule has 1 aromatic heterocycles. The van der Waals surface area contributed by atoms with E-state index in [4.69, 9.17) is 0 Å². The average Bonchev–Trinajstić information content (AvgIpc) is 2.57. The lowest BCUT2D eigenvalue weighted by Crippen LogP contribution is -2.27. The molecule has 0 saturated heterocycles. The zero-order valence-electron chi connectivity index (χ0n) is 7.64. The van der Waals surface area contributed by atoms with Crippen molar-refractivity contribution in [3.63, 3.8) is 0 Å². The van der Waals surface area contributed by atoms with Crippen molar-refractivity contribution in [2.24, 2.45) is 0 Å². The summed E-state index contributed by atoms with van der Waals surface area (Å²) in [5, 5.41) is 0. The zero-order chi connectivity index (χ0) is 10.4. The molecule has 0 saturated carbocycles. The van der Waals surface area contributed by atoms with Crippen LogP contribution in [0.3, 0.4) is 0 Å². The van der Waals surface area contributed by atoms with Crippen LogP contribution in [0, 0.1) is 0 Å². The number of rotatable bonds is 0. The lowest BCUT2D eigenvalue weighted by atomic mass is 10.3. The first-order valence-electron chi connectivity index (χ1n) is 4.46. The minimum Gasteiger partial charge on any atom is -0.386 e. The van der Waals surface area contributed by atoms with Crippen LogP contribution in [-0.4, -0.2) is 21.5 Å². The third-order valence-corrected chi connectivity index (χ3v) is 2.33. The number of carbonyl (C=O) groups excluding carboxylic acids is 2. The third kappa shape index (κ3) is 1.06. The van der Waals surface area contributed by atoms with Gasteiger partial charge in [-0.2, -0.15) is 0 Å². The Bertz CT molecular complexity index is 585. The second-order valence-electron chi connectivity index (χ2n) is 3.27. The van der Waals surface area contributed by atoms with Crippen LogP contribution in [0.1, 0.15) is 10.6 Å². The normalized spacial score (nSPS) is 15.2. The minimum atomic E-state index is -0.678. The van der Waals surface area contributed by atoms with Crippen LogP contribution in [-0.2, 0) is 16.1 Å². The Hall–Kier alpha value is -2.17. The first-order chi connectivity index (χ1) is 7.25. The van der Waals surface area contributed by atoms with Crippen LogP contribution in [0.2, 0.25) is 0 Å². The molecule has 15 heavy (non-hydrogen) atoms. The molecular formula is C10H6N2O3. The quantitative estimate of drug-likeness (QED) is 0.466. The summed E-state index contributed by atoms with van der Waals surface area (Å²) in [5.74, 6) is -1.03. The fraction of sp³-hybridized carbons (Fsp3) is 0.100. The number of benzene rings is 1. The molecule has 0 spiro atoms. The number of esters is 2. The molecule has 0 bridgehead atoms. The van der Waals surface area contributed by atoms with E-state index in [1.54, 1.807) is 10.6 Å². The molecular weight excluding hydrogens is 196 g/mol. The highest BCUT2D eigenvalue weighted by molar-refractivity contribution is 6.00. The number of carbonyl (C=O) groups is 2. The van der Waals surface area contributed by atoms with Crippen molar-refractivity contribution < 1.29 is 14.3 Å². The maximum absolute atomic E-state index is 11.3. The third-order valence-electron chi connectivity index (χ3n) is 2.33. The van der Waals surface area contributed by atoms with Crippen molar-refractivity contribution >= 4 is 23.0 Å². The predicted molar refractivity (Wildman–Crippen MR) is 50.2 cm³/mol. The van der Waals surface area contributed by atoms with Gasteiger partial charge in [0.25, 0.3) is 0 Å². The Morgan fingerprint density at radius 2 is 2.07 bits per heavy atom. The molecule has 0 unspecified atom stereocenters. The van der Waals surface area contributed by atoms with Gasteiger partial charge in [-0.15, -0.1) is 0 Å². The van der Waals surface area contributed by atoms with E-state index in [9.17, 15) is 9.59 Å². The monoisotopic (exact) mass is 202 g/mol. The number of hydrogen-bond acceptors (Lipinski definition) is 4. The van der Waals surface area contributed by atoms with E-state index in [2.05, 4.69) is 9.72 Å². The molecule has 0 atom stereocenters. The summed E-state index contributed by atoms with van der Waals surface area (Å²) in [5.41, 5.74) is 1.47. The number of imidazole rings is 1. The van der Waals surface area contributed by atoms with Crippen molar-refractivity contribution in [2.75, 3.05) is 0 Å². The van der Waals surface area contributed by atoms with Crippen molar-refractivity contribution in [1.82, 2.24) is 9.55 Å². The fourth-order valence-electron chi connectivity index (χ4n) is 1.70. The molecule has 0 aliphatic carbocycles. The van der Waals surface area contributed by atoms with Crippen LogP contribution in [0.15, 0.2) is 24.3 Å². The van der Waals surface area contributed by atoms with Crippen LogP contribution in [0.4, 0.5) is 0 Å². The SMILES string of the molecule is O=C1Cn2c(nc3ccccc32)C(=O)O1. The second-order valence-corrected chi connectivity index (χ2v) is 3.27. The Morgan fingerprint density at radius 3 is 2.93 bits per heavy atom. The average molecular weight is 202 g/mol. The Labute approximate surface area is 84.3 Å². The van der Waals surface area contributed by atoms with Crippen LogP contribution in [0.25, 0.3) is 11.0 Å². The highest BCUT2D eigenvalue weighted by Gasteiger charge is 2.27. The number of para-hydroxylation sites is 2. The maximum Gasteiger partial charge on any atom is 0.382 e. The summed E-state index contributed by atoms with van der Waals surface area (Å²) in [7, 11) is 0. The van der Waals surface area contributed by atoms with Crippen molar-refractivity contribution in [3.05, 3.63) is 30.1 Å². The van der Waals surface area contributed by atoms with Gasteiger partial charge in [0.1, 0.15) is 6.54 Å². The molecule has 74 valence electrons. The smallest absolute Gasteiger partial charge is 0.382 e. The van der Waals surface area contributed by atoms with Crippen LogP contribution in [0.5, 0.6) is 0 Å². The molecule has 2 aromatic rings. The summed E-state index contributed by atoms with van der Waals surface area (Å²) in [4.78, 5) is 26.5. The lowest BCUT2D eigenvalue weighted by Gasteiger charge is -2.11. The number of aromatic nitrogens is 2.